The first-order valence-electron chi connectivity index (χ1n) is 6.64. The third kappa shape index (κ3) is 3.84. The first-order chi connectivity index (χ1) is 9.14. The number of halogens is 3. The maximum Gasteiger partial charge on any atom is 0.414 e. The molecule has 1 atom stereocenters. The van der Waals surface area contributed by atoms with E-state index in [4.69, 9.17) is 0 Å². The van der Waals surface area contributed by atoms with Gasteiger partial charge in [0.1, 0.15) is 0 Å². The van der Waals surface area contributed by atoms with Crippen LogP contribution in [0.2, 0.25) is 0 Å². The first-order valence-corrected chi connectivity index (χ1v) is 8.04. The number of aliphatic hydroxyl groups is 1. The molecule has 0 aromatic carbocycles. The van der Waals surface area contributed by atoms with Gasteiger partial charge in [-0.1, -0.05) is 13.8 Å². The molecule has 0 aromatic heterocycles. The standard InChI is InChI=1S/C11H21F3N2O3S/c1-3-15(4-2)20(18,19)16-7-5-9(6-8-16)10(17)11(12,13)14/h9-10,17H,3-8H2,1-2H3. The molecule has 1 heterocycles. The van der Waals surface area contributed by atoms with E-state index in [-0.39, 0.29) is 25.9 Å². The smallest absolute Gasteiger partial charge is 0.383 e. The molecule has 120 valence electrons. The zero-order valence-corrected chi connectivity index (χ0v) is 12.4. The first kappa shape index (κ1) is 17.7. The van der Waals surface area contributed by atoms with Gasteiger partial charge in [0.15, 0.2) is 6.10 Å². The molecular formula is C11H21F3N2O3S. The summed E-state index contributed by atoms with van der Waals surface area (Å²) >= 11 is 0. The SMILES string of the molecule is CCN(CC)S(=O)(=O)N1CCC(C(O)C(F)(F)F)CC1. The van der Waals surface area contributed by atoms with Crippen LogP contribution in [0.25, 0.3) is 0 Å². The number of hydrogen-bond acceptors (Lipinski definition) is 3. The number of aliphatic hydroxyl groups excluding tert-OH is 1. The van der Waals surface area contributed by atoms with Gasteiger partial charge in [-0.3, -0.25) is 0 Å². The van der Waals surface area contributed by atoms with E-state index in [2.05, 4.69) is 0 Å². The number of rotatable bonds is 5. The maximum atomic E-state index is 12.4. The monoisotopic (exact) mass is 318 g/mol. The lowest BCUT2D eigenvalue weighted by molar-refractivity contribution is -0.222. The van der Waals surface area contributed by atoms with Crippen molar-refractivity contribution in [2.75, 3.05) is 26.2 Å². The molecule has 1 N–H and O–H groups in total. The summed E-state index contributed by atoms with van der Waals surface area (Å²) in [4.78, 5) is 0. The van der Waals surface area contributed by atoms with Crippen molar-refractivity contribution < 1.29 is 26.7 Å². The quantitative estimate of drug-likeness (QED) is 0.829. The Balaban J connectivity index is 2.67. The molecule has 1 rings (SSSR count). The predicted octanol–water partition coefficient (Wildman–Crippen LogP) is 1.21. The lowest BCUT2D eigenvalue weighted by Gasteiger charge is -2.36. The molecule has 0 bridgehead atoms. The van der Waals surface area contributed by atoms with Crippen molar-refractivity contribution in [2.45, 2.75) is 39.0 Å². The Morgan fingerprint density at radius 1 is 1.25 bits per heavy atom. The lowest BCUT2D eigenvalue weighted by Crippen LogP contribution is -2.49. The van der Waals surface area contributed by atoms with Crippen molar-refractivity contribution in [1.82, 2.24) is 8.61 Å². The molecule has 1 aliphatic rings. The van der Waals surface area contributed by atoms with Crippen LogP contribution in [0.5, 0.6) is 0 Å². The minimum Gasteiger partial charge on any atom is -0.383 e. The van der Waals surface area contributed by atoms with Crippen molar-refractivity contribution in [3.63, 3.8) is 0 Å². The molecule has 0 radical (unpaired) electrons. The molecule has 1 aliphatic heterocycles. The third-order valence-corrected chi connectivity index (χ3v) is 5.83. The van der Waals surface area contributed by atoms with Gasteiger partial charge in [-0.15, -0.1) is 0 Å². The van der Waals surface area contributed by atoms with Gasteiger partial charge in [-0.2, -0.15) is 30.2 Å². The molecule has 1 fully saturated rings. The number of hydrogen-bond donors (Lipinski definition) is 1. The van der Waals surface area contributed by atoms with Gasteiger partial charge in [0.05, 0.1) is 0 Å². The summed E-state index contributed by atoms with van der Waals surface area (Å²) in [7, 11) is -3.61. The van der Waals surface area contributed by atoms with E-state index in [0.29, 0.717) is 13.1 Å². The van der Waals surface area contributed by atoms with E-state index in [0.717, 1.165) is 0 Å². The van der Waals surface area contributed by atoms with E-state index in [1.807, 2.05) is 0 Å². The molecule has 0 aromatic rings. The summed E-state index contributed by atoms with van der Waals surface area (Å²) in [5.41, 5.74) is 0. The van der Waals surface area contributed by atoms with Gasteiger partial charge < -0.3 is 5.11 Å². The van der Waals surface area contributed by atoms with E-state index in [9.17, 15) is 26.7 Å². The van der Waals surface area contributed by atoms with E-state index in [1.165, 1.54) is 8.61 Å². The van der Waals surface area contributed by atoms with Crippen molar-refractivity contribution in [1.29, 1.82) is 0 Å². The second-order valence-corrected chi connectivity index (χ2v) is 6.74. The van der Waals surface area contributed by atoms with Gasteiger partial charge >= 0.3 is 6.18 Å². The zero-order valence-electron chi connectivity index (χ0n) is 11.6. The number of alkyl halides is 3. The Kier molecular flexibility index (Phi) is 5.82. The molecule has 5 nitrogen and oxygen atoms in total. The van der Waals surface area contributed by atoms with Crippen LogP contribution >= 0.6 is 0 Å². The normalized spacial score (nSPS) is 21.4. The van der Waals surface area contributed by atoms with Crippen LogP contribution in [0.3, 0.4) is 0 Å². The molecule has 0 aliphatic carbocycles. The molecular weight excluding hydrogens is 297 g/mol. The Hall–Kier alpha value is -0.380. The van der Waals surface area contributed by atoms with Crippen LogP contribution in [-0.4, -0.2) is 60.6 Å². The second kappa shape index (κ2) is 6.59. The van der Waals surface area contributed by atoms with E-state index < -0.39 is 28.4 Å². The van der Waals surface area contributed by atoms with Crippen LogP contribution in [-0.2, 0) is 10.2 Å². The highest BCUT2D eigenvalue weighted by atomic mass is 32.2. The zero-order chi connectivity index (χ0) is 15.6. The molecule has 0 spiro atoms. The summed E-state index contributed by atoms with van der Waals surface area (Å²) in [6, 6.07) is 0. The van der Waals surface area contributed by atoms with Gasteiger partial charge in [0, 0.05) is 26.2 Å². The Labute approximate surface area is 117 Å². The fraction of sp³-hybridized carbons (Fsp3) is 1.00. The predicted molar refractivity (Wildman–Crippen MR) is 68.2 cm³/mol. The highest BCUT2D eigenvalue weighted by Gasteiger charge is 2.45. The Bertz CT molecular complexity index is 402. The van der Waals surface area contributed by atoms with Crippen LogP contribution < -0.4 is 0 Å². The maximum absolute atomic E-state index is 12.4. The highest BCUT2D eigenvalue weighted by molar-refractivity contribution is 7.86. The Morgan fingerprint density at radius 2 is 1.70 bits per heavy atom. The van der Waals surface area contributed by atoms with Crippen molar-refractivity contribution in [3.05, 3.63) is 0 Å². The molecule has 1 saturated heterocycles. The van der Waals surface area contributed by atoms with Crippen LogP contribution in [0, 0.1) is 5.92 Å². The molecule has 1 unspecified atom stereocenters. The van der Waals surface area contributed by atoms with E-state index in [1.54, 1.807) is 13.8 Å². The summed E-state index contributed by atoms with van der Waals surface area (Å²) in [5, 5.41) is 9.20. The second-order valence-electron chi connectivity index (χ2n) is 4.81. The fourth-order valence-corrected chi connectivity index (χ4v) is 4.05. The summed E-state index contributed by atoms with van der Waals surface area (Å²) in [5.74, 6) is -0.932. The van der Waals surface area contributed by atoms with Crippen molar-refractivity contribution >= 4 is 10.2 Å². The van der Waals surface area contributed by atoms with Gasteiger partial charge in [0.25, 0.3) is 10.2 Å². The average Bonchev–Trinajstić information content (AvgIpc) is 2.38. The van der Waals surface area contributed by atoms with Crippen molar-refractivity contribution in [2.24, 2.45) is 5.92 Å². The number of nitrogens with zero attached hydrogens (tertiary/aromatic N) is 2. The third-order valence-electron chi connectivity index (χ3n) is 3.64. The fourth-order valence-electron chi connectivity index (χ4n) is 2.40. The van der Waals surface area contributed by atoms with Crippen LogP contribution in [0.15, 0.2) is 0 Å². The molecule has 0 saturated carbocycles. The molecule has 0 amide bonds. The van der Waals surface area contributed by atoms with Crippen LogP contribution in [0.4, 0.5) is 13.2 Å². The minimum atomic E-state index is -4.65. The minimum absolute atomic E-state index is 0.0106. The highest BCUT2D eigenvalue weighted by Crippen LogP contribution is 2.32. The molecule has 9 heteroatoms. The lowest BCUT2D eigenvalue weighted by atomic mass is 9.92. The molecule has 20 heavy (non-hydrogen) atoms. The van der Waals surface area contributed by atoms with Crippen molar-refractivity contribution in [3.8, 4) is 0 Å². The van der Waals surface area contributed by atoms with Gasteiger partial charge in [-0.25, -0.2) is 0 Å². The summed E-state index contributed by atoms with van der Waals surface area (Å²) in [6.07, 6.45) is -6.99. The average molecular weight is 318 g/mol. The summed E-state index contributed by atoms with van der Waals surface area (Å²) < 4.78 is 64.1. The summed E-state index contributed by atoms with van der Waals surface area (Å²) in [6.45, 7) is 4.09. The van der Waals surface area contributed by atoms with Crippen LogP contribution in [0.1, 0.15) is 26.7 Å². The Morgan fingerprint density at radius 3 is 2.05 bits per heavy atom. The number of piperidine rings is 1. The largest absolute Gasteiger partial charge is 0.414 e. The van der Waals surface area contributed by atoms with E-state index >= 15 is 0 Å². The van der Waals surface area contributed by atoms with Gasteiger partial charge in [0.2, 0.25) is 0 Å². The van der Waals surface area contributed by atoms with Gasteiger partial charge in [-0.05, 0) is 18.8 Å². The topological polar surface area (TPSA) is 60.9 Å².